The zero-order valence-corrected chi connectivity index (χ0v) is 13.2. The predicted molar refractivity (Wildman–Crippen MR) is 75.8 cm³/mol. The summed E-state index contributed by atoms with van der Waals surface area (Å²) in [5.74, 6) is 0. The van der Waals surface area contributed by atoms with Gasteiger partial charge in [0.15, 0.2) is 6.29 Å². The highest BCUT2D eigenvalue weighted by Gasteiger charge is 2.24. The fourth-order valence-electron chi connectivity index (χ4n) is 1.59. The number of hydrogen-bond acceptors (Lipinski definition) is 6. The second kappa shape index (κ2) is 7.14. The number of nitrogens with zero attached hydrogens (tertiary/aromatic N) is 1. The van der Waals surface area contributed by atoms with Crippen LogP contribution in [0.2, 0.25) is 5.02 Å². The van der Waals surface area contributed by atoms with Gasteiger partial charge < -0.3 is 9.47 Å². The lowest BCUT2D eigenvalue weighted by Gasteiger charge is -2.15. The molecule has 0 bridgehead atoms. The van der Waals surface area contributed by atoms with Gasteiger partial charge in [-0.2, -0.15) is 0 Å². The fourth-order valence-corrected chi connectivity index (χ4v) is 3.14. The van der Waals surface area contributed by atoms with E-state index in [9.17, 15) is 18.5 Å². The molecule has 0 aromatic heterocycles. The van der Waals surface area contributed by atoms with Gasteiger partial charge in [0.1, 0.15) is 5.02 Å². The first-order valence-corrected chi connectivity index (χ1v) is 7.58. The van der Waals surface area contributed by atoms with E-state index < -0.39 is 26.9 Å². The van der Waals surface area contributed by atoms with E-state index in [1.54, 1.807) is 0 Å². The van der Waals surface area contributed by atoms with Gasteiger partial charge in [-0.15, -0.1) is 0 Å². The second-order valence-corrected chi connectivity index (χ2v) is 6.22. The van der Waals surface area contributed by atoms with Gasteiger partial charge in [-0.1, -0.05) is 11.6 Å². The van der Waals surface area contributed by atoms with E-state index >= 15 is 0 Å². The Morgan fingerprint density at radius 2 is 1.95 bits per heavy atom. The van der Waals surface area contributed by atoms with Crippen LogP contribution >= 0.6 is 11.6 Å². The van der Waals surface area contributed by atoms with Crippen LogP contribution in [0.5, 0.6) is 0 Å². The minimum Gasteiger partial charge on any atom is -0.355 e. The van der Waals surface area contributed by atoms with Crippen molar-refractivity contribution in [2.75, 3.05) is 20.8 Å². The normalized spacial score (nSPS) is 11.9. The molecule has 0 spiro atoms. The van der Waals surface area contributed by atoms with E-state index in [1.165, 1.54) is 27.2 Å². The van der Waals surface area contributed by atoms with Crippen LogP contribution in [0, 0.1) is 17.0 Å². The van der Waals surface area contributed by atoms with E-state index in [2.05, 4.69) is 4.72 Å². The molecule has 0 atom stereocenters. The van der Waals surface area contributed by atoms with E-state index in [-0.39, 0.29) is 16.5 Å². The molecule has 0 unspecified atom stereocenters. The Morgan fingerprint density at radius 3 is 2.43 bits per heavy atom. The van der Waals surface area contributed by atoms with Gasteiger partial charge in [-0.05, 0) is 18.6 Å². The summed E-state index contributed by atoms with van der Waals surface area (Å²) < 4.78 is 36.4. The quantitative estimate of drug-likeness (QED) is 0.458. The lowest BCUT2D eigenvalue weighted by atomic mass is 10.2. The Kier molecular flexibility index (Phi) is 6.05. The van der Waals surface area contributed by atoms with Crippen molar-refractivity contribution in [1.82, 2.24) is 4.72 Å². The van der Waals surface area contributed by atoms with E-state index in [0.717, 1.165) is 6.07 Å². The van der Waals surface area contributed by atoms with Gasteiger partial charge in [0.25, 0.3) is 5.69 Å². The molecule has 8 nitrogen and oxygen atoms in total. The minimum atomic E-state index is -3.95. The Bertz CT molecular complexity index is 630. The Balaban J connectivity index is 3.13. The lowest BCUT2D eigenvalue weighted by molar-refractivity contribution is -0.384. The summed E-state index contributed by atoms with van der Waals surface area (Å²) >= 11 is 5.72. The number of ether oxygens (including phenoxy) is 2. The number of rotatable bonds is 7. The highest BCUT2D eigenvalue weighted by molar-refractivity contribution is 7.89. The number of sulfonamides is 1. The number of nitro benzene ring substituents is 1. The first-order chi connectivity index (χ1) is 9.72. The van der Waals surface area contributed by atoms with Crippen LogP contribution in [0.1, 0.15) is 5.56 Å². The van der Waals surface area contributed by atoms with Crippen LogP contribution < -0.4 is 4.72 Å². The number of nitro groups is 1. The first-order valence-electron chi connectivity index (χ1n) is 5.72. The van der Waals surface area contributed by atoms with Gasteiger partial charge in [0.2, 0.25) is 10.0 Å². The van der Waals surface area contributed by atoms with Gasteiger partial charge >= 0.3 is 0 Å². The van der Waals surface area contributed by atoms with Crippen molar-refractivity contribution >= 4 is 27.3 Å². The van der Waals surface area contributed by atoms with Gasteiger partial charge in [0, 0.05) is 20.3 Å². The maximum Gasteiger partial charge on any atom is 0.289 e. The molecule has 118 valence electrons. The zero-order chi connectivity index (χ0) is 16.2. The van der Waals surface area contributed by atoms with Crippen molar-refractivity contribution < 1.29 is 22.8 Å². The molecule has 0 heterocycles. The van der Waals surface area contributed by atoms with Crippen LogP contribution in [-0.2, 0) is 19.5 Å². The molecule has 21 heavy (non-hydrogen) atoms. The first kappa shape index (κ1) is 17.8. The number of hydrogen-bond donors (Lipinski definition) is 1. The predicted octanol–water partition coefficient (Wildman–Crippen LogP) is 1.45. The number of halogens is 1. The average molecular weight is 339 g/mol. The highest BCUT2D eigenvalue weighted by Crippen LogP contribution is 2.29. The second-order valence-electron chi connectivity index (χ2n) is 4.08. The average Bonchev–Trinajstić information content (AvgIpc) is 2.38. The Labute approximate surface area is 127 Å². The van der Waals surface area contributed by atoms with Crippen LogP contribution in [-0.4, -0.2) is 40.4 Å². The summed E-state index contributed by atoms with van der Waals surface area (Å²) in [6.07, 6.45) is -0.762. The summed E-state index contributed by atoms with van der Waals surface area (Å²) in [5, 5.41) is 10.7. The molecule has 0 saturated carbocycles. The molecule has 0 aliphatic rings. The van der Waals surface area contributed by atoms with Crippen molar-refractivity contribution in [2.24, 2.45) is 0 Å². The molecule has 1 aromatic rings. The van der Waals surface area contributed by atoms with Crippen LogP contribution in [0.25, 0.3) is 0 Å². The smallest absolute Gasteiger partial charge is 0.289 e. The lowest BCUT2D eigenvalue weighted by Crippen LogP contribution is -2.34. The molecular formula is C11H15ClN2O6S. The molecule has 1 N–H and O–H groups in total. The monoisotopic (exact) mass is 338 g/mol. The third-order valence-electron chi connectivity index (χ3n) is 2.70. The van der Waals surface area contributed by atoms with Crippen molar-refractivity contribution in [2.45, 2.75) is 18.1 Å². The van der Waals surface area contributed by atoms with E-state index in [0.29, 0.717) is 5.56 Å². The summed E-state index contributed by atoms with van der Waals surface area (Å²) in [6.45, 7) is 1.36. The molecule has 0 fully saturated rings. The molecule has 0 amide bonds. The molecule has 10 heteroatoms. The van der Waals surface area contributed by atoms with Crippen molar-refractivity contribution in [3.8, 4) is 0 Å². The van der Waals surface area contributed by atoms with E-state index in [1.807, 2.05) is 0 Å². The molecule has 0 aliphatic heterocycles. The molecule has 0 saturated heterocycles. The standard InChI is InChI=1S/C11H15ClN2O6S/c1-7-4-8(12)9(14(15)16)5-10(7)21(17,18)13-6-11(19-2)20-3/h4-5,11,13H,6H2,1-3H3. The highest BCUT2D eigenvalue weighted by atomic mass is 35.5. The summed E-state index contributed by atoms with van der Waals surface area (Å²) in [7, 11) is -1.23. The van der Waals surface area contributed by atoms with Crippen molar-refractivity contribution in [3.05, 3.63) is 32.8 Å². The van der Waals surface area contributed by atoms with E-state index in [4.69, 9.17) is 21.1 Å². The van der Waals surface area contributed by atoms with Crippen LogP contribution in [0.15, 0.2) is 17.0 Å². The number of nitrogens with one attached hydrogen (secondary N) is 1. The molecule has 1 aromatic carbocycles. The van der Waals surface area contributed by atoms with Gasteiger partial charge in [0.05, 0.1) is 16.4 Å². The van der Waals surface area contributed by atoms with Crippen LogP contribution in [0.4, 0.5) is 5.69 Å². The third-order valence-corrected chi connectivity index (χ3v) is 4.56. The number of methoxy groups -OCH3 is 2. The Hall–Kier alpha value is -1.26. The largest absolute Gasteiger partial charge is 0.355 e. The zero-order valence-electron chi connectivity index (χ0n) is 11.6. The summed E-state index contributed by atoms with van der Waals surface area (Å²) in [5.41, 5.74) is -0.179. The molecule has 0 radical (unpaired) electrons. The Morgan fingerprint density at radius 1 is 1.38 bits per heavy atom. The van der Waals surface area contributed by atoms with Crippen molar-refractivity contribution in [3.63, 3.8) is 0 Å². The number of aryl methyl sites for hydroxylation is 1. The maximum atomic E-state index is 12.2. The minimum absolute atomic E-state index is 0.122. The van der Waals surface area contributed by atoms with Gasteiger partial charge in [-0.3, -0.25) is 10.1 Å². The van der Waals surface area contributed by atoms with Crippen molar-refractivity contribution in [1.29, 1.82) is 0 Å². The molecular weight excluding hydrogens is 324 g/mol. The SMILES string of the molecule is COC(CNS(=O)(=O)c1cc([N+](=O)[O-])c(Cl)cc1C)OC. The third kappa shape index (κ3) is 4.35. The van der Waals surface area contributed by atoms with Gasteiger partial charge in [-0.25, -0.2) is 13.1 Å². The molecule has 1 rings (SSSR count). The fraction of sp³-hybridized carbons (Fsp3) is 0.455. The topological polar surface area (TPSA) is 108 Å². The summed E-state index contributed by atoms with van der Waals surface area (Å²) in [6, 6.07) is 2.16. The molecule has 0 aliphatic carbocycles. The summed E-state index contributed by atoms with van der Waals surface area (Å²) in [4.78, 5) is 9.88. The number of benzene rings is 1. The van der Waals surface area contributed by atoms with Crippen LogP contribution in [0.3, 0.4) is 0 Å². The maximum absolute atomic E-state index is 12.2.